The summed E-state index contributed by atoms with van der Waals surface area (Å²) >= 11 is 0. The number of nitrogens with one attached hydrogen (secondary N) is 1. The van der Waals surface area contributed by atoms with Crippen LogP contribution in [0.2, 0.25) is 0 Å². The fourth-order valence-electron chi connectivity index (χ4n) is 4.04. The highest BCUT2D eigenvalue weighted by molar-refractivity contribution is 7.89. The van der Waals surface area contributed by atoms with Gasteiger partial charge in [-0.1, -0.05) is 0 Å². The Hall–Kier alpha value is -2.88. The van der Waals surface area contributed by atoms with E-state index in [0.29, 0.717) is 37.3 Å². The average molecular weight is 428 g/mol. The Bertz CT molecular complexity index is 1210. The number of amides is 1. The van der Waals surface area contributed by atoms with Crippen molar-refractivity contribution in [3.8, 4) is 11.5 Å². The molecule has 2 aliphatic rings. The summed E-state index contributed by atoms with van der Waals surface area (Å²) in [5.74, 6) is 1.30. The molecule has 30 heavy (non-hydrogen) atoms. The van der Waals surface area contributed by atoms with Gasteiger partial charge in [-0.15, -0.1) is 0 Å². The van der Waals surface area contributed by atoms with Crippen LogP contribution in [0.1, 0.15) is 29.4 Å². The lowest BCUT2D eigenvalue weighted by atomic mass is 10.00. The topological polar surface area (TPSA) is 113 Å². The van der Waals surface area contributed by atoms with Crippen molar-refractivity contribution >= 4 is 21.6 Å². The van der Waals surface area contributed by atoms with Crippen LogP contribution in [0.25, 0.3) is 11.5 Å². The molecular formula is C21H20N2O6S. The van der Waals surface area contributed by atoms with Gasteiger partial charge in [0.25, 0.3) is 0 Å². The molecule has 156 valence electrons. The highest BCUT2D eigenvalue weighted by Gasteiger charge is 2.33. The van der Waals surface area contributed by atoms with E-state index in [1.807, 2.05) is 0 Å². The SMILES string of the molecule is O=C1CCc2cc(S(=O)(=O)NCC(O)c3ccc(-c4ccco4)o3)cc3c2N1CC3. The van der Waals surface area contributed by atoms with E-state index < -0.39 is 16.1 Å². The highest BCUT2D eigenvalue weighted by atomic mass is 32.2. The Balaban J connectivity index is 1.33. The van der Waals surface area contributed by atoms with Crippen LogP contribution in [-0.4, -0.2) is 32.5 Å². The molecule has 0 radical (unpaired) electrons. The van der Waals surface area contributed by atoms with Gasteiger partial charge in [-0.3, -0.25) is 4.79 Å². The molecule has 4 heterocycles. The van der Waals surface area contributed by atoms with Gasteiger partial charge >= 0.3 is 0 Å². The lowest BCUT2D eigenvalue weighted by molar-refractivity contribution is -0.118. The summed E-state index contributed by atoms with van der Waals surface area (Å²) in [6, 6.07) is 9.94. The zero-order valence-corrected chi connectivity index (χ0v) is 16.8. The fraction of sp³-hybridized carbons (Fsp3) is 0.286. The van der Waals surface area contributed by atoms with Gasteiger partial charge in [-0.25, -0.2) is 13.1 Å². The molecule has 0 bridgehead atoms. The Morgan fingerprint density at radius 1 is 1.10 bits per heavy atom. The predicted molar refractivity (Wildman–Crippen MR) is 107 cm³/mol. The minimum Gasteiger partial charge on any atom is -0.461 e. The molecule has 1 aromatic carbocycles. The summed E-state index contributed by atoms with van der Waals surface area (Å²) in [7, 11) is -3.83. The van der Waals surface area contributed by atoms with Crippen LogP contribution in [0.15, 0.2) is 56.4 Å². The van der Waals surface area contributed by atoms with Crippen molar-refractivity contribution in [1.82, 2.24) is 4.72 Å². The number of nitrogens with zero attached hydrogens (tertiary/aromatic N) is 1. The van der Waals surface area contributed by atoms with Crippen molar-refractivity contribution in [3.05, 3.63) is 59.5 Å². The van der Waals surface area contributed by atoms with Crippen molar-refractivity contribution in [2.45, 2.75) is 30.3 Å². The molecule has 5 rings (SSSR count). The predicted octanol–water partition coefficient (Wildman–Crippen LogP) is 2.39. The number of anilines is 1. The quantitative estimate of drug-likeness (QED) is 0.623. The maximum atomic E-state index is 12.8. The van der Waals surface area contributed by atoms with Crippen molar-refractivity contribution in [1.29, 1.82) is 0 Å². The van der Waals surface area contributed by atoms with Gasteiger partial charge in [0.15, 0.2) is 11.5 Å². The first-order chi connectivity index (χ1) is 14.4. The summed E-state index contributed by atoms with van der Waals surface area (Å²) in [5.41, 5.74) is 2.61. The lowest BCUT2D eigenvalue weighted by Crippen LogP contribution is -2.33. The largest absolute Gasteiger partial charge is 0.461 e. The number of sulfonamides is 1. The van der Waals surface area contributed by atoms with Gasteiger partial charge in [0.05, 0.1) is 16.8 Å². The molecule has 0 aliphatic carbocycles. The second-order valence-electron chi connectivity index (χ2n) is 7.43. The molecule has 1 atom stereocenters. The monoisotopic (exact) mass is 428 g/mol. The standard InChI is InChI=1S/C21H20N2O6S/c24-16(17-4-5-19(29-17)18-2-1-9-28-18)12-22-30(26,27)15-10-13-3-6-20(25)23-8-7-14(11-15)21(13)23/h1-2,4-5,9-11,16,22,24H,3,6-8,12H2. The number of aliphatic hydroxyl groups is 1. The first kappa shape index (κ1) is 19.1. The zero-order chi connectivity index (χ0) is 20.9. The third-order valence-electron chi connectivity index (χ3n) is 5.52. The van der Waals surface area contributed by atoms with Crippen LogP contribution in [0, 0.1) is 0 Å². The average Bonchev–Trinajstić information content (AvgIpc) is 3.49. The number of carbonyl (C=O) groups excluding carboxylic acids is 1. The molecule has 0 saturated carbocycles. The van der Waals surface area contributed by atoms with Crippen molar-refractivity contribution < 1.29 is 27.2 Å². The molecule has 8 nitrogen and oxygen atoms in total. The summed E-state index contributed by atoms with van der Waals surface area (Å²) in [5, 5.41) is 10.4. The van der Waals surface area contributed by atoms with Crippen molar-refractivity contribution in [2.24, 2.45) is 0 Å². The van der Waals surface area contributed by atoms with E-state index >= 15 is 0 Å². The molecule has 9 heteroatoms. The number of aliphatic hydroxyl groups excluding tert-OH is 1. The minimum absolute atomic E-state index is 0.0884. The van der Waals surface area contributed by atoms with Crippen LogP contribution in [0.3, 0.4) is 0 Å². The molecule has 0 spiro atoms. The Morgan fingerprint density at radius 3 is 2.67 bits per heavy atom. The molecule has 1 unspecified atom stereocenters. The van der Waals surface area contributed by atoms with Crippen molar-refractivity contribution in [2.75, 3.05) is 18.0 Å². The van der Waals surface area contributed by atoms with E-state index in [0.717, 1.165) is 16.8 Å². The number of rotatable bonds is 6. The van der Waals surface area contributed by atoms with Crippen LogP contribution in [-0.2, 0) is 27.7 Å². The first-order valence-electron chi connectivity index (χ1n) is 9.70. The summed E-state index contributed by atoms with van der Waals surface area (Å²) in [6.45, 7) is 0.359. The van der Waals surface area contributed by atoms with Crippen LogP contribution < -0.4 is 9.62 Å². The second kappa shape index (κ2) is 7.12. The third-order valence-corrected chi connectivity index (χ3v) is 6.92. The molecule has 0 fully saturated rings. The second-order valence-corrected chi connectivity index (χ2v) is 9.20. The van der Waals surface area contributed by atoms with Crippen LogP contribution in [0.4, 0.5) is 5.69 Å². The van der Waals surface area contributed by atoms with Crippen LogP contribution >= 0.6 is 0 Å². The van der Waals surface area contributed by atoms with E-state index in [2.05, 4.69) is 4.72 Å². The fourth-order valence-corrected chi connectivity index (χ4v) is 5.18. The Morgan fingerprint density at radius 2 is 1.90 bits per heavy atom. The van der Waals surface area contributed by atoms with Gasteiger partial charge in [0.2, 0.25) is 15.9 Å². The Labute approximate surface area is 173 Å². The first-order valence-corrected chi connectivity index (χ1v) is 11.2. The minimum atomic E-state index is -3.83. The van der Waals surface area contributed by atoms with E-state index in [4.69, 9.17) is 8.83 Å². The maximum Gasteiger partial charge on any atom is 0.240 e. The Kier molecular flexibility index (Phi) is 4.53. The van der Waals surface area contributed by atoms with E-state index in [1.165, 1.54) is 6.26 Å². The summed E-state index contributed by atoms with van der Waals surface area (Å²) in [6.07, 6.45) is 1.93. The smallest absolute Gasteiger partial charge is 0.240 e. The van der Waals surface area contributed by atoms with Gasteiger partial charge in [0.1, 0.15) is 11.9 Å². The van der Waals surface area contributed by atoms with Gasteiger partial charge in [-0.2, -0.15) is 0 Å². The third kappa shape index (κ3) is 3.24. The summed E-state index contributed by atoms with van der Waals surface area (Å²) in [4.78, 5) is 13.9. The molecule has 3 aromatic rings. The molecular weight excluding hydrogens is 408 g/mol. The molecule has 2 aliphatic heterocycles. The number of carbonyl (C=O) groups is 1. The number of aryl methyl sites for hydroxylation is 1. The molecule has 2 aromatic heterocycles. The van der Waals surface area contributed by atoms with Crippen molar-refractivity contribution in [3.63, 3.8) is 0 Å². The molecule has 0 saturated heterocycles. The van der Waals surface area contributed by atoms with E-state index in [9.17, 15) is 18.3 Å². The van der Waals surface area contributed by atoms with E-state index in [1.54, 1.807) is 41.3 Å². The zero-order valence-electron chi connectivity index (χ0n) is 16.0. The molecule has 1 amide bonds. The van der Waals surface area contributed by atoms with Gasteiger partial charge < -0.3 is 18.8 Å². The highest BCUT2D eigenvalue weighted by Crippen LogP contribution is 2.38. The summed E-state index contributed by atoms with van der Waals surface area (Å²) < 4.78 is 39.0. The number of furan rings is 2. The number of hydrogen-bond donors (Lipinski definition) is 2. The van der Waals surface area contributed by atoms with Crippen LogP contribution in [0.5, 0.6) is 0 Å². The maximum absolute atomic E-state index is 12.8. The normalized spacial score (nSPS) is 16.7. The lowest BCUT2D eigenvalue weighted by Gasteiger charge is -2.25. The number of hydrogen-bond acceptors (Lipinski definition) is 6. The van der Waals surface area contributed by atoms with Gasteiger partial charge in [-0.05, 0) is 60.4 Å². The molecule has 2 N–H and O–H groups in total. The van der Waals surface area contributed by atoms with Gasteiger partial charge in [0, 0.05) is 19.5 Å². The van der Waals surface area contributed by atoms with E-state index in [-0.39, 0.29) is 23.1 Å². The number of benzene rings is 1.